The zero-order valence-corrected chi connectivity index (χ0v) is 18.6. The van der Waals surface area contributed by atoms with Crippen LogP contribution < -0.4 is 5.32 Å². The van der Waals surface area contributed by atoms with Gasteiger partial charge < -0.3 is 10.1 Å². The van der Waals surface area contributed by atoms with Crippen LogP contribution in [0.3, 0.4) is 0 Å². The number of carbonyl (C=O) groups is 2. The Morgan fingerprint density at radius 2 is 1.47 bits per heavy atom. The Morgan fingerprint density at radius 3 is 2.17 bits per heavy atom. The molecule has 1 rings (SSSR count). The molecular weight excluding hydrogens is 374 g/mol. The van der Waals surface area contributed by atoms with Crippen LogP contribution in [0.25, 0.3) is 0 Å². The number of unbranched alkanes of at least 4 members (excludes halogenated alkanes) is 8. The third-order valence-corrected chi connectivity index (χ3v) is 4.75. The number of rotatable bonds is 17. The molecule has 30 heavy (non-hydrogen) atoms. The Hall–Kier alpha value is -2.36. The first-order valence-electron chi connectivity index (χ1n) is 11.5. The summed E-state index contributed by atoms with van der Waals surface area (Å²) in [5.41, 5.74) is 0.701. The second kappa shape index (κ2) is 18.7. The lowest BCUT2D eigenvalue weighted by molar-refractivity contribution is -0.147. The van der Waals surface area contributed by atoms with Gasteiger partial charge in [-0.15, -0.1) is 0 Å². The molecule has 0 saturated carbocycles. The Bertz CT molecular complexity index is 622. The highest BCUT2D eigenvalue weighted by atomic mass is 16.5. The Balaban J connectivity index is 1.89. The van der Waals surface area contributed by atoms with Crippen LogP contribution in [0.4, 0.5) is 5.69 Å². The molecule has 1 aromatic carbocycles. The van der Waals surface area contributed by atoms with E-state index in [1.165, 1.54) is 38.5 Å². The summed E-state index contributed by atoms with van der Waals surface area (Å²) >= 11 is 0. The van der Waals surface area contributed by atoms with Gasteiger partial charge in [0.2, 0.25) is 0 Å². The molecule has 0 fully saturated rings. The van der Waals surface area contributed by atoms with E-state index in [1.54, 1.807) is 12.1 Å². The smallest absolute Gasteiger partial charge is 0.306 e. The van der Waals surface area contributed by atoms with Gasteiger partial charge in [-0.25, -0.2) is 0 Å². The number of ether oxygens (including phenoxy) is 1. The normalized spacial score (nSPS) is 11.2. The summed E-state index contributed by atoms with van der Waals surface area (Å²) in [5, 5.41) is 2.69. The van der Waals surface area contributed by atoms with E-state index in [9.17, 15) is 9.59 Å². The molecule has 1 aromatic rings. The Morgan fingerprint density at radius 1 is 0.833 bits per heavy atom. The van der Waals surface area contributed by atoms with Crippen molar-refractivity contribution in [2.45, 2.75) is 84.0 Å². The maximum Gasteiger partial charge on any atom is 0.306 e. The molecule has 1 N–H and O–H groups in total. The molecule has 1 amide bonds. The van der Waals surface area contributed by atoms with E-state index in [0.717, 1.165) is 32.1 Å². The molecule has 166 valence electrons. The first-order valence-corrected chi connectivity index (χ1v) is 11.5. The van der Waals surface area contributed by atoms with Crippen molar-refractivity contribution in [3.05, 3.63) is 54.6 Å². The molecule has 0 saturated heterocycles. The summed E-state index contributed by atoms with van der Waals surface area (Å²) in [6, 6.07) is 9.14. The maximum atomic E-state index is 11.7. The largest absolute Gasteiger partial charge is 0.456 e. The zero-order valence-electron chi connectivity index (χ0n) is 18.6. The van der Waals surface area contributed by atoms with Gasteiger partial charge in [-0.3, -0.25) is 9.59 Å². The van der Waals surface area contributed by atoms with Gasteiger partial charge in [-0.1, -0.05) is 81.5 Å². The van der Waals surface area contributed by atoms with E-state index in [2.05, 4.69) is 36.5 Å². The molecule has 0 bridgehead atoms. The molecule has 0 heterocycles. The Labute approximate surface area is 182 Å². The molecule has 0 radical (unpaired) electrons. The van der Waals surface area contributed by atoms with Crippen molar-refractivity contribution in [3.8, 4) is 0 Å². The SMILES string of the molecule is CCCCC/C=C\C/C=C\CCCCCCCC(=O)OCC(=O)Nc1ccccc1. The van der Waals surface area contributed by atoms with E-state index in [4.69, 9.17) is 4.74 Å². The number of hydrogen-bond acceptors (Lipinski definition) is 3. The van der Waals surface area contributed by atoms with Gasteiger partial charge in [0.05, 0.1) is 0 Å². The van der Waals surface area contributed by atoms with Crippen molar-refractivity contribution >= 4 is 17.6 Å². The van der Waals surface area contributed by atoms with Gasteiger partial charge >= 0.3 is 5.97 Å². The summed E-state index contributed by atoms with van der Waals surface area (Å²) in [7, 11) is 0. The summed E-state index contributed by atoms with van der Waals surface area (Å²) in [6.07, 6.45) is 22.1. The number of hydrogen-bond donors (Lipinski definition) is 1. The maximum absolute atomic E-state index is 11.7. The highest BCUT2D eigenvalue weighted by Gasteiger charge is 2.07. The molecular formula is C26H39NO3. The first-order chi connectivity index (χ1) is 14.7. The van der Waals surface area contributed by atoms with Gasteiger partial charge in [-0.2, -0.15) is 0 Å². The molecule has 0 unspecified atom stereocenters. The van der Waals surface area contributed by atoms with E-state index >= 15 is 0 Å². The fourth-order valence-corrected chi connectivity index (χ4v) is 3.02. The van der Waals surface area contributed by atoms with Crippen molar-refractivity contribution < 1.29 is 14.3 Å². The van der Waals surface area contributed by atoms with E-state index in [-0.39, 0.29) is 18.5 Å². The molecule has 0 aliphatic rings. The molecule has 0 aliphatic carbocycles. The topological polar surface area (TPSA) is 55.4 Å². The lowest BCUT2D eigenvalue weighted by Gasteiger charge is -2.06. The van der Waals surface area contributed by atoms with Crippen LogP contribution in [0, 0.1) is 0 Å². The number of amides is 1. The van der Waals surface area contributed by atoms with Crippen LogP contribution in [-0.4, -0.2) is 18.5 Å². The fourth-order valence-electron chi connectivity index (χ4n) is 3.02. The van der Waals surface area contributed by atoms with Crippen molar-refractivity contribution in [1.82, 2.24) is 0 Å². The van der Waals surface area contributed by atoms with E-state index < -0.39 is 0 Å². The number of esters is 1. The van der Waals surface area contributed by atoms with Gasteiger partial charge in [0.1, 0.15) is 0 Å². The lowest BCUT2D eigenvalue weighted by atomic mass is 10.1. The molecule has 0 aliphatic heterocycles. The molecule has 0 aromatic heterocycles. The monoisotopic (exact) mass is 413 g/mol. The predicted octanol–water partition coefficient (Wildman–Crippen LogP) is 6.98. The van der Waals surface area contributed by atoms with Crippen molar-refractivity contribution in [2.24, 2.45) is 0 Å². The summed E-state index contributed by atoms with van der Waals surface area (Å²) in [4.78, 5) is 23.4. The third-order valence-electron chi connectivity index (χ3n) is 4.75. The minimum Gasteiger partial charge on any atom is -0.456 e. The second-order valence-electron chi connectivity index (χ2n) is 7.56. The van der Waals surface area contributed by atoms with E-state index in [0.29, 0.717) is 12.1 Å². The third kappa shape index (κ3) is 15.5. The number of anilines is 1. The minimum atomic E-state index is -0.311. The van der Waals surface area contributed by atoms with Gasteiger partial charge in [0, 0.05) is 12.1 Å². The van der Waals surface area contributed by atoms with Crippen molar-refractivity contribution in [1.29, 1.82) is 0 Å². The second-order valence-corrected chi connectivity index (χ2v) is 7.56. The van der Waals surface area contributed by atoms with Crippen molar-refractivity contribution in [3.63, 3.8) is 0 Å². The molecule has 4 nitrogen and oxygen atoms in total. The summed E-state index contributed by atoms with van der Waals surface area (Å²) < 4.78 is 5.03. The van der Waals surface area contributed by atoms with Crippen LogP contribution in [-0.2, 0) is 14.3 Å². The average molecular weight is 414 g/mol. The van der Waals surface area contributed by atoms with Crippen LogP contribution in [0.1, 0.15) is 84.0 Å². The number of nitrogens with one attached hydrogen (secondary N) is 1. The van der Waals surface area contributed by atoms with Gasteiger partial charge in [-0.05, 0) is 50.7 Å². The number of carbonyl (C=O) groups excluding carboxylic acids is 2. The summed E-state index contributed by atoms with van der Waals surface area (Å²) in [5.74, 6) is -0.613. The highest BCUT2D eigenvalue weighted by molar-refractivity contribution is 5.92. The van der Waals surface area contributed by atoms with E-state index in [1.807, 2.05) is 18.2 Å². The standard InChI is InChI=1S/C26H39NO3/c1-2-3-4-5-6-7-8-9-10-11-12-13-14-15-19-22-26(29)30-23-25(28)27-24-20-17-16-18-21-24/h6-7,9-10,16-18,20-21H,2-5,8,11-15,19,22-23H2,1H3,(H,27,28)/b7-6-,10-9-. The van der Waals surface area contributed by atoms with Crippen LogP contribution in [0.15, 0.2) is 54.6 Å². The van der Waals surface area contributed by atoms with Gasteiger partial charge in [0.15, 0.2) is 6.61 Å². The number of para-hydroxylation sites is 1. The fraction of sp³-hybridized carbons (Fsp3) is 0.538. The Kier molecular flexibility index (Phi) is 16.0. The first kappa shape index (κ1) is 25.7. The highest BCUT2D eigenvalue weighted by Crippen LogP contribution is 2.09. The lowest BCUT2D eigenvalue weighted by Crippen LogP contribution is -2.20. The molecule has 0 spiro atoms. The predicted molar refractivity (Wildman–Crippen MR) is 125 cm³/mol. The average Bonchev–Trinajstić information content (AvgIpc) is 2.75. The van der Waals surface area contributed by atoms with Gasteiger partial charge in [0.25, 0.3) is 5.91 Å². The minimum absolute atomic E-state index is 0.228. The number of allylic oxidation sites excluding steroid dienone is 4. The molecule has 4 heteroatoms. The zero-order chi connectivity index (χ0) is 21.7. The van der Waals surface area contributed by atoms with Crippen molar-refractivity contribution in [2.75, 3.05) is 11.9 Å². The molecule has 0 atom stereocenters. The quantitative estimate of drug-likeness (QED) is 0.170. The number of benzene rings is 1. The summed E-state index contributed by atoms with van der Waals surface area (Å²) in [6.45, 7) is 2.00. The van der Waals surface area contributed by atoms with Crippen LogP contribution >= 0.6 is 0 Å². The van der Waals surface area contributed by atoms with Crippen LogP contribution in [0.2, 0.25) is 0 Å². The van der Waals surface area contributed by atoms with Crippen LogP contribution in [0.5, 0.6) is 0 Å².